The van der Waals surface area contributed by atoms with Crippen molar-refractivity contribution in [3.8, 4) is 5.75 Å². The minimum absolute atomic E-state index is 0.0616. The third kappa shape index (κ3) is 5.33. The van der Waals surface area contributed by atoms with E-state index < -0.39 is 5.91 Å². The van der Waals surface area contributed by atoms with Crippen LogP contribution in [0.3, 0.4) is 0 Å². The lowest BCUT2D eigenvalue weighted by atomic mass is 9.96. The Morgan fingerprint density at radius 3 is 2.71 bits per heavy atom. The van der Waals surface area contributed by atoms with Crippen LogP contribution in [-0.4, -0.2) is 65.3 Å². The average Bonchev–Trinajstić information content (AvgIpc) is 2.83. The summed E-state index contributed by atoms with van der Waals surface area (Å²) in [4.78, 5) is 32.7. The molecule has 0 atom stereocenters. The van der Waals surface area contributed by atoms with Crippen LogP contribution >= 0.6 is 0 Å². The van der Waals surface area contributed by atoms with Crippen molar-refractivity contribution in [2.75, 3.05) is 25.6 Å². The molecule has 0 fully saturated rings. The number of rotatable bonds is 7. The number of fused-ring (bicyclic) bond motifs is 1. The van der Waals surface area contributed by atoms with Crippen LogP contribution in [0.2, 0.25) is 0 Å². The third-order valence-corrected chi connectivity index (χ3v) is 5.49. The maximum absolute atomic E-state index is 13.1. The Morgan fingerprint density at radius 2 is 2.06 bits per heavy atom. The van der Waals surface area contributed by atoms with Crippen molar-refractivity contribution in [1.29, 1.82) is 10.8 Å². The average molecular weight is 467 g/mol. The summed E-state index contributed by atoms with van der Waals surface area (Å²) in [6.07, 6.45) is 1.34. The fraction of sp³-hybridized carbons (Fsp3) is 0.375. The lowest BCUT2D eigenvalue weighted by Gasteiger charge is -2.28. The first kappa shape index (κ1) is 24.7. The molecule has 180 valence electrons. The lowest BCUT2D eigenvalue weighted by Crippen LogP contribution is -2.36. The highest BCUT2D eigenvalue weighted by Gasteiger charge is 2.25. The van der Waals surface area contributed by atoms with Gasteiger partial charge in [0.25, 0.3) is 5.91 Å². The first-order chi connectivity index (χ1) is 16.3. The quantitative estimate of drug-likeness (QED) is 0.423. The van der Waals surface area contributed by atoms with Gasteiger partial charge in [-0.05, 0) is 62.6 Å². The van der Waals surface area contributed by atoms with Crippen LogP contribution in [0.15, 0.2) is 30.3 Å². The number of anilines is 1. The van der Waals surface area contributed by atoms with Crippen molar-refractivity contribution >= 4 is 30.0 Å². The van der Waals surface area contributed by atoms with Gasteiger partial charge in [0.15, 0.2) is 5.84 Å². The van der Waals surface area contributed by atoms with Gasteiger partial charge in [-0.15, -0.1) is 0 Å². The van der Waals surface area contributed by atoms with Crippen LogP contribution in [-0.2, 0) is 17.7 Å². The molecule has 3 rings (SSSR count). The second-order valence-electron chi connectivity index (χ2n) is 8.03. The van der Waals surface area contributed by atoms with Gasteiger partial charge in [-0.3, -0.25) is 15.6 Å². The number of carbonyl (C=O) groups excluding carboxylic acids is 2. The van der Waals surface area contributed by atoms with E-state index in [9.17, 15) is 9.59 Å². The van der Waals surface area contributed by atoms with Gasteiger partial charge >= 0.3 is 6.09 Å². The van der Waals surface area contributed by atoms with Crippen molar-refractivity contribution in [3.63, 3.8) is 0 Å². The molecule has 1 aliphatic rings. The van der Waals surface area contributed by atoms with Gasteiger partial charge in [-0.2, -0.15) is 0 Å². The van der Waals surface area contributed by atoms with E-state index in [2.05, 4.69) is 10.3 Å². The van der Waals surface area contributed by atoms with Gasteiger partial charge in [-0.25, -0.2) is 9.78 Å². The molecule has 10 nitrogen and oxygen atoms in total. The van der Waals surface area contributed by atoms with E-state index in [1.165, 1.54) is 12.0 Å². The van der Waals surface area contributed by atoms with Crippen molar-refractivity contribution < 1.29 is 19.1 Å². The Balaban J connectivity index is 1.84. The Bertz CT molecular complexity index is 1100. The van der Waals surface area contributed by atoms with Gasteiger partial charge in [0.1, 0.15) is 17.3 Å². The maximum atomic E-state index is 13.1. The Morgan fingerprint density at radius 1 is 1.29 bits per heavy atom. The molecule has 2 aromatic rings. The number of carbonyl (C=O) groups is 2. The fourth-order valence-corrected chi connectivity index (χ4v) is 3.73. The molecule has 0 saturated heterocycles. The van der Waals surface area contributed by atoms with Crippen LogP contribution in [0.4, 0.5) is 10.6 Å². The topological polar surface area (TPSA) is 132 Å². The van der Waals surface area contributed by atoms with Crippen molar-refractivity contribution in [2.24, 2.45) is 0 Å². The van der Waals surface area contributed by atoms with Gasteiger partial charge in [0, 0.05) is 19.1 Å². The number of hydrogen-bond donors (Lipinski definition) is 3. The maximum Gasteiger partial charge on any atom is 0.410 e. The fourth-order valence-electron chi connectivity index (χ4n) is 3.73. The zero-order chi connectivity index (χ0) is 24.8. The summed E-state index contributed by atoms with van der Waals surface area (Å²) in [5, 5.41) is 18.7. The van der Waals surface area contributed by atoms with E-state index >= 15 is 0 Å². The molecular formula is C24H30N6O4. The molecule has 10 heteroatoms. The summed E-state index contributed by atoms with van der Waals surface area (Å²) in [5.74, 6) is 0.344. The molecular weight excluding hydrogens is 436 g/mol. The molecule has 1 aromatic heterocycles. The predicted octanol–water partition coefficient (Wildman–Crippen LogP) is 3.50. The standard InChI is InChI=1S/C24H30N6O4/c1-5-34-24(32)29-10-9-16-12-20(33-4)18(11-17(16)13-29)23(31)28-21-8-6-7-19(27-21)22(26)30(14-25)15(2)3/h6-8,11-12,14-15,25-26H,5,9-10,13H2,1-4H3,(H,27,28,31). The number of amidine groups is 1. The van der Waals surface area contributed by atoms with Crippen LogP contribution in [0.25, 0.3) is 0 Å². The second kappa shape index (κ2) is 10.8. The number of ether oxygens (including phenoxy) is 2. The van der Waals surface area contributed by atoms with Crippen LogP contribution in [0.5, 0.6) is 5.75 Å². The number of pyridine rings is 1. The van der Waals surface area contributed by atoms with Gasteiger partial charge in [0.2, 0.25) is 0 Å². The minimum Gasteiger partial charge on any atom is -0.496 e. The first-order valence-electron chi connectivity index (χ1n) is 11.1. The highest BCUT2D eigenvalue weighted by atomic mass is 16.6. The molecule has 0 bridgehead atoms. The molecule has 34 heavy (non-hydrogen) atoms. The molecule has 0 unspecified atom stereocenters. The molecule has 0 aliphatic carbocycles. The zero-order valence-corrected chi connectivity index (χ0v) is 19.8. The van der Waals surface area contributed by atoms with E-state index in [0.717, 1.165) is 17.5 Å². The Hall–Kier alpha value is -3.95. The first-order valence-corrected chi connectivity index (χ1v) is 11.1. The van der Waals surface area contributed by atoms with Crippen LogP contribution in [0.1, 0.15) is 48.0 Å². The molecule has 0 saturated carbocycles. The van der Waals surface area contributed by atoms with E-state index in [0.29, 0.717) is 43.1 Å². The summed E-state index contributed by atoms with van der Waals surface area (Å²) in [5.41, 5.74) is 2.52. The number of aromatic nitrogens is 1. The monoisotopic (exact) mass is 466 g/mol. The number of hydrogen-bond acceptors (Lipinski definition) is 7. The molecule has 0 spiro atoms. The summed E-state index contributed by atoms with van der Waals surface area (Å²) in [6, 6.07) is 8.45. The van der Waals surface area contributed by atoms with Crippen LogP contribution in [0, 0.1) is 10.8 Å². The van der Waals surface area contributed by atoms with Gasteiger partial charge in [0.05, 0.1) is 25.6 Å². The smallest absolute Gasteiger partial charge is 0.410 e. The predicted molar refractivity (Wildman–Crippen MR) is 129 cm³/mol. The third-order valence-electron chi connectivity index (χ3n) is 5.49. The summed E-state index contributed by atoms with van der Waals surface area (Å²) in [7, 11) is 1.50. The molecule has 3 N–H and O–H groups in total. The molecule has 0 radical (unpaired) electrons. The Kier molecular flexibility index (Phi) is 7.83. The number of methoxy groups -OCH3 is 1. The van der Waals surface area contributed by atoms with Crippen molar-refractivity contribution in [2.45, 2.75) is 39.8 Å². The number of amides is 2. The number of benzene rings is 1. The highest BCUT2D eigenvalue weighted by Crippen LogP contribution is 2.29. The second-order valence-corrected chi connectivity index (χ2v) is 8.03. The lowest BCUT2D eigenvalue weighted by molar-refractivity contribution is 0.102. The van der Waals surface area contributed by atoms with Gasteiger partial charge in [-0.1, -0.05) is 6.07 Å². The SMILES string of the molecule is CCOC(=O)N1CCc2cc(OC)c(C(=O)Nc3cccc(C(=N)N(C=N)C(C)C)n3)cc2C1. The minimum atomic E-state index is -0.420. The Labute approximate surface area is 198 Å². The largest absolute Gasteiger partial charge is 0.496 e. The van der Waals surface area contributed by atoms with Crippen molar-refractivity contribution in [1.82, 2.24) is 14.8 Å². The zero-order valence-electron chi connectivity index (χ0n) is 19.8. The van der Waals surface area contributed by atoms with E-state index in [1.807, 2.05) is 19.9 Å². The number of nitrogens with one attached hydrogen (secondary N) is 3. The van der Waals surface area contributed by atoms with Crippen molar-refractivity contribution in [3.05, 3.63) is 52.7 Å². The molecule has 2 heterocycles. The van der Waals surface area contributed by atoms with Gasteiger partial charge < -0.3 is 24.6 Å². The van der Waals surface area contributed by atoms with E-state index in [-0.39, 0.29) is 23.8 Å². The van der Waals surface area contributed by atoms with Crippen LogP contribution < -0.4 is 10.1 Å². The summed E-state index contributed by atoms with van der Waals surface area (Å²) in [6.45, 7) is 6.69. The van der Waals surface area contributed by atoms with E-state index in [4.69, 9.17) is 20.3 Å². The molecule has 1 aliphatic heterocycles. The number of nitrogens with zero attached hydrogens (tertiary/aromatic N) is 3. The molecule has 1 aromatic carbocycles. The summed E-state index contributed by atoms with van der Waals surface area (Å²) >= 11 is 0. The molecule has 2 amide bonds. The van der Waals surface area contributed by atoms with E-state index in [1.54, 1.807) is 36.1 Å². The summed E-state index contributed by atoms with van der Waals surface area (Å²) < 4.78 is 10.6. The normalized spacial score (nSPS) is 12.6. The highest BCUT2D eigenvalue weighted by molar-refractivity contribution is 6.06.